The summed E-state index contributed by atoms with van der Waals surface area (Å²) in [6.07, 6.45) is 3.80. The summed E-state index contributed by atoms with van der Waals surface area (Å²) in [4.78, 5) is 3.81. The van der Waals surface area contributed by atoms with Gasteiger partial charge >= 0.3 is 0 Å². The zero-order valence-corrected chi connectivity index (χ0v) is 6.52. The number of allylic oxidation sites excluding steroid dienone is 1. The van der Waals surface area contributed by atoms with Gasteiger partial charge in [0, 0.05) is 13.3 Å². The summed E-state index contributed by atoms with van der Waals surface area (Å²) in [5, 5.41) is 0. The second-order valence-electron chi connectivity index (χ2n) is 1.71. The molecule has 1 nitrogen and oxygen atoms in total. The Morgan fingerprint density at radius 3 is 2.38 bits per heavy atom. The zero-order chi connectivity index (χ0) is 6.41. The molecule has 8 heavy (non-hydrogen) atoms. The van der Waals surface area contributed by atoms with E-state index in [-0.39, 0.29) is 7.92 Å². The minimum Gasteiger partial charge on any atom is -0.297 e. The molecule has 0 rings (SSSR count). The Balaban J connectivity index is 3.34. The van der Waals surface area contributed by atoms with Crippen molar-refractivity contribution in [3.05, 3.63) is 11.9 Å². The summed E-state index contributed by atoms with van der Waals surface area (Å²) >= 11 is 0. The quantitative estimate of drug-likeness (QED) is 0.399. The molecule has 0 aliphatic carbocycles. The van der Waals surface area contributed by atoms with Gasteiger partial charge < -0.3 is 0 Å². The summed E-state index contributed by atoms with van der Waals surface area (Å²) in [6, 6.07) is 0. The van der Waals surface area contributed by atoms with Crippen LogP contribution < -0.4 is 0 Å². The first kappa shape index (κ1) is 7.84. The van der Waals surface area contributed by atoms with E-state index in [1.54, 1.807) is 7.05 Å². The molecule has 0 saturated heterocycles. The molecule has 0 aromatic heterocycles. The third-order valence-electron chi connectivity index (χ3n) is 0.619. The van der Waals surface area contributed by atoms with Gasteiger partial charge in [0.2, 0.25) is 0 Å². The summed E-state index contributed by atoms with van der Waals surface area (Å²) < 4.78 is 0. The first-order chi connectivity index (χ1) is 3.77. The highest BCUT2D eigenvalue weighted by Gasteiger charge is 1.76. The number of nitrogens with zero attached hydrogens (tertiary/aromatic N) is 1. The van der Waals surface area contributed by atoms with Gasteiger partial charge in [0.05, 0.1) is 0 Å². The fraction of sp³-hybridized carbons (Fsp3) is 0.500. The van der Waals surface area contributed by atoms with Crippen LogP contribution in [0, 0.1) is 0 Å². The topological polar surface area (TPSA) is 12.4 Å². The molecule has 46 valence electrons. The molecule has 0 N–H and O–H groups in total. The summed E-state index contributed by atoms with van der Waals surface area (Å²) in [5.74, 6) is 2.17. The van der Waals surface area contributed by atoms with Crippen molar-refractivity contribution in [2.45, 2.75) is 0 Å². The highest BCUT2D eigenvalue weighted by Crippen LogP contribution is 2.24. The van der Waals surface area contributed by atoms with Gasteiger partial charge in [-0.3, -0.25) is 4.99 Å². The van der Waals surface area contributed by atoms with Gasteiger partial charge in [-0.05, 0) is 19.4 Å². The minimum absolute atomic E-state index is 0.116. The Bertz CT molecular complexity index is 94.7. The Morgan fingerprint density at radius 2 is 2.00 bits per heavy atom. The SMILES string of the molecule is CN=C/C=C/P(C)C. The summed E-state index contributed by atoms with van der Waals surface area (Å²) in [6.45, 7) is 4.41. The Morgan fingerprint density at radius 1 is 1.38 bits per heavy atom. The van der Waals surface area contributed by atoms with E-state index in [1.165, 1.54) is 0 Å². The lowest BCUT2D eigenvalue weighted by molar-refractivity contribution is 1.48. The summed E-state index contributed by atoms with van der Waals surface area (Å²) in [5.41, 5.74) is 0. The van der Waals surface area contributed by atoms with Crippen LogP contribution in [0.2, 0.25) is 0 Å². The first-order valence-corrected chi connectivity index (χ1v) is 4.83. The molecule has 0 aliphatic rings. The van der Waals surface area contributed by atoms with Crippen LogP contribution in [0.4, 0.5) is 0 Å². The lowest BCUT2D eigenvalue weighted by Gasteiger charge is -1.89. The van der Waals surface area contributed by atoms with Crippen molar-refractivity contribution in [1.82, 2.24) is 0 Å². The maximum Gasteiger partial charge on any atom is 0.0277 e. The van der Waals surface area contributed by atoms with Crippen LogP contribution in [0.5, 0.6) is 0 Å². The molecule has 0 spiro atoms. The molecule has 0 fully saturated rings. The Labute approximate surface area is 52.3 Å². The van der Waals surface area contributed by atoms with Crippen molar-refractivity contribution in [1.29, 1.82) is 0 Å². The smallest absolute Gasteiger partial charge is 0.0277 e. The van der Waals surface area contributed by atoms with E-state index < -0.39 is 0 Å². The van der Waals surface area contributed by atoms with Crippen LogP contribution >= 0.6 is 7.92 Å². The average Bonchev–Trinajstić information content (AvgIpc) is 1.66. The van der Waals surface area contributed by atoms with Crippen molar-refractivity contribution in [2.75, 3.05) is 20.4 Å². The van der Waals surface area contributed by atoms with Gasteiger partial charge in [-0.2, -0.15) is 0 Å². The first-order valence-electron chi connectivity index (χ1n) is 2.52. The standard InChI is InChI=1S/C6H12NP/c1-7-5-4-6-8(2)3/h4-6H,1-3H3/b6-4+,7-5?. The van der Waals surface area contributed by atoms with Crippen molar-refractivity contribution in [2.24, 2.45) is 4.99 Å². The predicted molar refractivity (Wildman–Crippen MR) is 42.3 cm³/mol. The lowest BCUT2D eigenvalue weighted by Crippen LogP contribution is -1.61. The molecule has 0 bridgehead atoms. The average molecular weight is 129 g/mol. The maximum atomic E-state index is 3.81. The fourth-order valence-corrected chi connectivity index (χ4v) is 0.718. The van der Waals surface area contributed by atoms with E-state index in [9.17, 15) is 0 Å². The predicted octanol–water partition coefficient (Wildman–Crippen LogP) is 1.94. The van der Waals surface area contributed by atoms with Crippen molar-refractivity contribution in [3.63, 3.8) is 0 Å². The third-order valence-corrected chi connectivity index (χ3v) is 1.39. The molecule has 2 heteroatoms. The highest BCUT2D eigenvalue weighted by molar-refractivity contribution is 7.59. The zero-order valence-electron chi connectivity index (χ0n) is 5.63. The monoisotopic (exact) mass is 129 g/mol. The largest absolute Gasteiger partial charge is 0.297 e. The normalized spacial score (nSPS) is 12.5. The third kappa shape index (κ3) is 5.84. The maximum absolute atomic E-state index is 3.81. The molecular weight excluding hydrogens is 117 g/mol. The van der Waals surface area contributed by atoms with Crippen LogP contribution in [0.25, 0.3) is 0 Å². The molecule has 0 heterocycles. The van der Waals surface area contributed by atoms with E-state index in [0.717, 1.165) is 0 Å². The highest BCUT2D eigenvalue weighted by atomic mass is 31.1. The van der Waals surface area contributed by atoms with E-state index in [0.29, 0.717) is 0 Å². The van der Waals surface area contributed by atoms with Crippen LogP contribution in [-0.4, -0.2) is 26.6 Å². The van der Waals surface area contributed by atoms with Gasteiger partial charge in [0.15, 0.2) is 0 Å². The molecule has 0 unspecified atom stereocenters. The van der Waals surface area contributed by atoms with Crippen molar-refractivity contribution in [3.8, 4) is 0 Å². The molecular formula is C6H12NP. The molecule has 0 aromatic carbocycles. The Hall–Kier alpha value is -0.160. The van der Waals surface area contributed by atoms with E-state index >= 15 is 0 Å². The molecule has 0 aromatic rings. The van der Waals surface area contributed by atoms with Crippen LogP contribution in [0.3, 0.4) is 0 Å². The Kier molecular flexibility index (Phi) is 4.89. The van der Waals surface area contributed by atoms with Crippen LogP contribution in [-0.2, 0) is 0 Å². The fourth-order valence-electron chi connectivity index (χ4n) is 0.297. The number of rotatable bonds is 2. The molecule has 0 saturated carbocycles. The number of hydrogen-bond donors (Lipinski definition) is 0. The van der Waals surface area contributed by atoms with Gasteiger partial charge in [-0.25, -0.2) is 0 Å². The van der Waals surface area contributed by atoms with E-state index in [2.05, 4.69) is 24.1 Å². The molecule has 0 radical (unpaired) electrons. The van der Waals surface area contributed by atoms with Crippen molar-refractivity contribution >= 4 is 14.1 Å². The number of aliphatic imine (C=N–C) groups is 1. The van der Waals surface area contributed by atoms with Crippen molar-refractivity contribution < 1.29 is 0 Å². The number of hydrogen-bond acceptors (Lipinski definition) is 1. The van der Waals surface area contributed by atoms with Crippen LogP contribution in [0.1, 0.15) is 0 Å². The van der Waals surface area contributed by atoms with Gasteiger partial charge in [-0.15, -0.1) is 0 Å². The molecule has 0 amide bonds. The molecule has 0 aliphatic heterocycles. The summed E-state index contributed by atoms with van der Waals surface area (Å²) in [7, 11) is 1.89. The second-order valence-corrected chi connectivity index (χ2v) is 3.94. The van der Waals surface area contributed by atoms with Crippen LogP contribution in [0.15, 0.2) is 16.9 Å². The minimum atomic E-state index is 0.116. The van der Waals surface area contributed by atoms with Gasteiger partial charge in [-0.1, -0.05) is 13.7 Å². The lowest BCUT2D eigenvalue weighted by atomic mass is 10.7. The van der Waals surface area contributed by atoms with Gasteiger partial charge in [0.25, 0.3) is 0 Å². The molecule has 0 atom stereocenters. The van der Waals surface area contributed by atoms with E-state index in [1.807, 2.05) is 12.3 Å². The van der Waals surface area contributed by atoms with E-state index in [4.69, 9.17) is 0 Å². The van der Waals surface area contributed by atoms with Gasteiger partial charge in [0.1, 0.15) is 0 Å². The second kappa shape index (κ2) is 4.99.